The van der Waals surface area contributed by atoms with E-state index in [-0.39, 0.29) is 6.61 Å². The van der Waals surface area contributed by atoms with Gasteiger partial charge in [0.15, 0.2) is 11.5 Å². The minimum atomic E-state index is -0.835. The fourth-order valence-corrected chi connectivity index (χ4v) is 4.04. The average molecular weight is 502 g/mol. The molecule has 1 amide bonds. The number of fused-ring (bicyclic) bond motifs is 2. The summed E-state index contributed by atoms with van der Waals surface area (Å²) in [4.78, 5) is 12.5. The van der Waals surface area contributed by atoms with E-state index in [1.165, 1.54) is 6.21 Å². The highest BCUT2D eigenvalue weighted by atomic mass is 35.5. The third-order valence-corrected chi connectivity index (χ3v) is 6.07. The van der Waals surface area contributed by atoms with Gasteiger partial charge in [-0.25, -0.2) is 5.43 Å². The lowest BCUT2D eigenvalue weighted by atomic mass is 10.1. The summed E-state index contributed by atoms with van der Waals surface area (Å²) in [5.74, 6) is 1.57. The number of hydrogen-bond acceptors (Lipinski definition) is 5. The van der Waals surface area contributed by atoms with Gasteiger partial charge in [-0.05, 0) is 47.2 Å². The third kappa shape index (κ3) is 4.50. The molecule has 166 valence electrons. The first-order chi connectivity index (χ1) is 16.0. The second-order valence-corrected chi connectivity index (χ2v) is 8.47. The Hall–Kier alpha value is -3.19. The van der Waals surface area contributed by atoms with Crippen molar-refractivity contribution in [3.05, 3.63) is 81.5 Å². The normalized spacial score (nSPS) is 15.2. The van der Waals surface area contributed by atoms with Gasteiger partial charge in [0.25, 0.3) is 5.91 Å². The Labute approximate surface area is 203 Å². The first-order valence-corrected chi connectivity index (χ1v) is 11.0. The molecule has 0 saturated carbocycles. The molecule has 6 nitrogen and oxygen atoms in total. The van der Waals surface area contributed by atoms with Gasteiger partial charge in [0.05, 0.1) is 21.3 Å². The summed E-state index contributed by atoms with van der Waals surface area (Å²) in [5, 5.41) is 7.09. The van der Waals surface area contributed by atoms with Crippen LogP contribution in [-0.4, -0.2) is 24.8 Å². The van der Waals surface area contributed by atoms with Crippen molar-refractivity contribution < 1.29 is 18.7 Å². The van der Waals surface area contributed by atoms with Crippen molar-refractivity contribution in [2.24, 2.45) is 5.10 Å². The van der Waals surface area contributed by atoms with Gasteiger partial charge >= 0.3 is 0 Å². The number of carbonyl (C=O) groups excluding carboxylic acids is 1. The number of halogens is 3. The van der Waals surface area contributed by atoms with Crippen LogP contribution in [0.3, 0.4) is 0 Å². The number of benzene rings is 3. The van der Waals surface area contributed by atoms with Crippen LogP contribution in [0.1, 0.15) is 5.76 Å². The maximum Gasteiger partial charge on any atom is 0.284 e. The summed E-state index contributed by atoms with van der Waals surface area (Å²) < 4.78 is 17.3. The standard InChI is InChI=1S/C24H15Cl3N2O4/c25-17-10-19(27)18(26)9-16(17)20-6-5-15(32-20)11-28-29-24(30)23-12-31-21-7-13-3-1-2-4-14(13)8-22(21)33-23/h1-11,23H,12H2,(H,29,30)/b28-11+/t23-/m0/s1. The molecule has 0 aliphatic carbocycles. The van der Waals surface area contributed by atoms with E-state index in [9.17, 15) is 4.79 Å². The number of furan rings is 1. The number of hydrazone groups is 1. The number of rotatable bonds is 4. The molecule has 0 radical (unpaired) electrons. The van der Waals surface area contributed by atoms with E-state index in [4.69, 9.17) is 48.7 Å². The second-order valence-electron chi connectivity index (χ2n) is 7.25. The van der Waals surface area contributed by atoms with Crippen LogP contribution in [0, 0.1) is 0 Å². The van der Waals surface area contributed by atoms with Crippen molar-refractivity contribution in [3.63, 3.8) is 0 Å². The van der Waals surface area contributed by atoms with Gasteiger partial charge in [0, 0.05) is 5.56 Å². The summed E-state index contributed by atoms with van der Waals surface area (Å²) in [5.41, 5.74) is 3.04. The first-order valence-electron chi connectivity index (χ1n) is 9.88. The highest BCUT2D eigenvalue weighted by molar-refractivity contribution is 6.44. The van der Waals surface area contributed by atoms with E-state index in [2.05, 4.69) is 10.5 Å². The van der Waals surface area contributed by atoms with Crippen molar-refractivity contribution in [1.29, 1.82) is 0 Å². The molecule has 0 bridgehead atoms. The molecule has 0 unspecified atom stereocenters. The van der Waals surface area contributed by atoms with E-state index in [0.717, 1.165) is 10.8 Å². The topological polar surface area (TPSA) is 73.1 Å². The van der Waals surface area contributed by atoms with Crippen LogP contribution >= 0.6 is 34.8 Å². The van der Waals surface area contributed by atoms with Crippen LogP contribution < -0.4 is 14.9 Å². The van der Waals surface area contributed by atoms with Crippen molar-refractivity contribution in [2.75, 3.05) is 6.61 Å². The Morgan fingerprint density at radius 3 is 2.45 bits per heavy atom. The van der Waals surface area contributed by atoms with E-state index in [1.54, 1.807) is 24.3 Å². The molecule has 3 aromatic carbocycles. The molecule has 5 rings (SSSR count). The lowest BCUT2D eigenvalue weighted by Crippen LogP contribution is -2.42. The molecule has 1 aliphatic rings. The Morgan fingerprint density at radius 1 is 0.939 bits per heavy atom. The highest BCUT2D eigenvalue weighted by Gasteiger charge is 2.27. The number of carbonyl (C=O) groups is 1. The van der Waals surface area contributed by atoms with Gasteiger partial charge in [-0.15, -0.1) is 0 Å². The Morgan fingerprint density at radius 2 is 1.67 bits per heavy atom. The molecular formula is C24H15Cl3N2O4. The van der Waals surface area contributed by atoms with E-state index >= 15 is 0 Å². The Bertz CT molecular complexity index is 1400. The number of ether oxygens (including phenoxy) is 2. The van der Waals surface area contributed by atoms with Gasteiger partial charge in [0.1, 0.15) is 18.1 Å². The summed E-state index contributed by atoms with van der Waals surface area (Å²) in [6.45, 7) is 0.0768. The molecular weight excluding hydrogens is 487 g/mol. The van der Waals surface area contributed by atoms with Gasteiger partial charge < -0.3 is 13.9 Å². The van der Waals surface area contributed by atoms with Crippen molar-refractivity contribution in [2.45, 2.75) is 6.10 Å². The van der Waals surface area contributed by atoms with Crippen LogP contribution in [0.25, 0.3) is 22.1 Å². The Balaban J connectivity index is 1.24. The molecule has 4 aromatic rings. The van der Waals surface area contributed by atoms with E-state index in [1.807, 2.05) is 36.4 Å². The van der Waals surface area contributed by atoms with Crippen molar-refractivity contribution >= 4 is 57.7 Å². The molecule has 1 aromatic heterocycles. The van der Waals surface area contributed by atoms with Crippen LogP contribution in [0.4, 0.5) is 0 Å². The lowest BCUT2D eigenvalue weighted by Gasteiger charge is -2.25. The second kappa shape index (κ2) is 8.98. The summed E-state index contributed by atoms with van der Waals surface area (Å²) in [6.07, 6.45) is 0.538. The van der Waals surface area contributed by atoms with Gasteiger partial charge in [-0.1, -0.05) is 59.1 Å². The summed E-state index contributed by atoms with van der Waals surface area (Å²) in [6, 6.07) is 18.2. The smallest absolute Gasteiger partial charge is 0.284 e. The monoisotopic (exact) mass is 500 g/mol. The van der Waals surface area contributed by atoms with Crippen LogP contribution in [0.15, 0.2) is 70.2 Å². The zero-order chi connectivity index (χ0) is 22.9. The lowest BCUT2D eigenvalue weighted by molar-refractivity contribution is -0.130. The van der Waals surface area contributed by atoms with E-state index < -0.39 is 12.0 Å². The maximum absolute atomic E-state index is 12.5. The molecule has 0 fully saturated rings. The van der Waals surface area contributed by atoms with Gasteiger partial charge in [-0.3, -0.25) is 4.79 Å². The predicted octanol–water partition coefficient (Wildman–Crippen LogP) is 6.35. The fraction of sp³-hybridized carbons (Fsp3) is 0.0833. The van der Waals surface area contributed by atoms with Crippen LogP contribution in [0.5, 0.6) is 11.5 Å². The number of amides is 1. The SMILES string of the molecule is O=C(N/N=C/c1ccc(-c2cc(Cl)c(Cl)cc2Cl)o1)[C@@H]1COc2cc3ccccc3cc2O1. The molecule has 1 aliphatic heterocycles. The zero-order valence-corrected chi connectivity index (χ0v) is 19.1. The maximum atomic E-state index is 12.5. The average Bonchev–Trinajstić information content (AvgIpc) is 3.28. The zero-order valence-electron chi connectivity index (χ0n) is 16.8. The number of nitrogens with one attached hydrogen (secondary N) is 1. The molecule has 9 heteroatoms. The first kappa shape index (κ1) is 21.6. The highest BCUT2D eigenvalue weighted by Crippen LogP contribution is 2.37. The van der Waals surface area contributed by atoms with Crippen LogP contribution in [0.2, 0.25) is 15.1 Å². The van der Waals surface area contributed by atoms with Crippen LogP contribution in [-0.2, 0) is 4.79 Å². The van der Waals surface area contributed by atoms with Gasteiger partial charge in [0.2, 0.25) is 6.10 Å². The summed E-state index contributed by atoms with van der Waals surface area (Å²) in [7, 11) is 0. The summed E-state index contributed by atoms with van der Waals surface area (Å²) >= 11 is 18.3. The molecule has 33 heavy (non-hydrogen) atoms. The van der Waals surface area contributed by atoms with Gasteiger partial charge in [-0.2, -0.15) is 5.10 Å². The Kier molecular flexibility index (Phi) is 5.89. The number of nitrogens with zero attached hydrogens (tertiary/aromatic N) is 1. The molecule has 1 N–H and O–H groups in total. The quantitative estimate of drug-likeness (QED) is 0.201. The van der Waals surface area contributed by atoms with Crippen molar-refractivity contribution in [3.8, 4) is 22.8 Å². The molecule has 0 spiro atoms. The third-order valence-electron chi connectivity index (χ3n) is 5.03. The minimum Gasteiger partial charge on any atom is -0.485 e. The largest absolute Gasteiger partial charge is 0.485 e. The molecule has 0 saturated heterocycles. The molecule has 2 heterocycles. The predicted molar refractivity (Wildman–Crippen MR) is 129 cm³/mol. The number of hydrogen-bond donors (Lipinski definition) is 1. The van der Waals surface area contributed by atoms with Crippen molar-refractivity contribution in [1.82, 2.24) is 5.43 Å². The molecule has 1 atom stereocenters. The minimum absolute atomic E-state index is 0.0768. The van der Waals surface area contributed by atoms with E-state index in [0.29, 0.717) is 43.7 Å². The fourth-order valence-electron chi connectivity index (χ4n) is 3.40.